The van der Waals surface area contributed by atoms with Crippen LogP contribution in [-0.4, -0.2) is 46.9 Å². The van der Waals surface area contributed by atoms with Crippen LogP contribution in [0.5, 0.6) is 11.5 Å². The van der Waals surface area contributed by atoms with E-state index in [2.05, 4.69) is 15.5 Å². The van der Waals surface area contributed by atoms with Gasteiger partial charge in [0.1, 0.15) is 0 Å². The number of amides is 3. The van der Waals surface area contributed by atoms with E-state index in [1.807, 2.05) is 0 Å². The van der Waals surface area contributed by atoms with Crippen LogP contribution in [0.3, 0.4) is 0 Å². The first kappa shape index (κ1) is 17.1. The number of aromatic nitrogens is 2. The summed E-state index contributed by atoms with van der Waals surface area (Å²) in [7, 11) is 0. The summed E-state index contributed by atoms with van der Waals surface area (Å²) in [5.74, 6) is 1.28. The molecule has 1 fully saturated rings. The molecule has 27 heavy (non-hydrogen) atoms. The second-order valence-corrected chi connectivity index (χ2v) is 6.43. The number of benzene rings is 1. The van der Waals surface area contributed by atoms with Crippen molar-refractivity contribution in [1.29, 1.82) is 0 Å². The minimum Gasteiger partial charge on any atom is -0.454 e. The molecule has 0 unspecified atom stereocenters. The number of carbonyl (C=O) groups is 2. The van der Waals surface area contributed by atoms with Crippen LogP contribution in [-0.2, 0) is 11.3 Å². The molecule has 10 heteroatoms. The van der Waals surface area contributed by atoms with Gasteiger partial charge in [-0.15, -0.1) is 0 Å². The number of nitrogens with one attached hydrogen (secondary N) is 1. The largest absolute Gasteiger partial charge is 0.454 e. The number of ether oxygens (including phenoxy) is 2. The average Bonchev–Trinajstić information content (AvgIpc) is 3.34. The lowest BCUT2D eigenvalue weighted by atomic mass is 9.98. The minimum absolute atomic E-state index is 0.116. The highest BCUT2D eigenvalue weighted by atomic mass is 16.7. The van der Waals surface area contributed by atoms with E-state index in [0.717, 1.165) is 6.42 Å². The fraction of sp³-hybridized carbons (Fsp3) is 0.412. The van der Waals surface area contributed by atoms with Gasteiger partial charge in [0.2, 0.25) is 12.7 Å². The van der Waals surface area contributed by atoms with Crippen LogP contribution in [0.2, 0.25) is 0 Å². The number of hydrogen-bond donors (Lipinski definition) is 2. The van der Waals surface area contributed by atoms with Crippen molar-refractivity contribution in [2.45, 2.75) is 19.4 Å². The van der Waals surface area contributed by atoms with E-state index in [4.69, 9.17) is 19.7 Å². The molecule has 1 saturated heterocycles. The number of piperidine rings is 1. The van der Waals surface area contributed by atoms with Crippen LogP contribution in [0.25, 0.3) is 11.5 Å². The fourth-order valence-electron chi connectivity index (χ4n) is 3.13. The molecule has 3 amide bonds. The van der Waals surface area contributed by atoms with Crippen LogP contribution in [0, 0.1) is 5.92 Å². The number of primary amides is 1. The van der Waals surface area contributed by atoms with Gasteiger partial charge in [0, 0.05) is 18.7 Å². The highest BCUT2D eigenvalue weighted by Gasteiger charge is 2.27. The zero-order chi connectivity index (χ0) is 18.8. The van der Waals surface area contributed by atoms with Crippen LogP contribution < -0.4 is 20.5 Å². The van der Waals surface area contributed by atoms with Gasteiger partial charge in [-0.3, -0.25) is 4.79 Å². The van der Waals surface area contributed by atoms with E-state index in [-0.39, 0.29) is 31.2 Å². The standard InChI is InChI=1S/C17H19N5O5/c18-15(23)11-2-1-5-22(8-11)17(24)19-7-14-20-16(27-21-14)10-3-4-12-13(6-10)26-9-25-12/h3-4,6,11H,1-2,5,7-9H2,(H2,18,23)(H,19,24)/t11-/m1/s1. The molecule has 1 aromatic heterocycles. The first-order valence-corrected chi connectivity index (χ1v) is 8.65. The van der Waals surface area contributed by atoms with Crippen molar-refractivity contribution in [2.75, 3.05) is 19.9 Å². The van der Waals surface area contributed by atoms with Gasteiger partial charge in [0.25, 0.3) is 5.89 Å². The Hall–Kier alpha value is -3.30. The van der Waals surface area contributed by atoms with Crippen molar-refractivity contribution in [2.24, 2.45) is 11.7 Å². The number of nitrogens with two attached hydrogens (primary N) is 1. The van der Waals surface area contributed by atoms with Gasteiger partial charge in [-0.05, 0) is 31.0 Å². The molecule has 1 atom stereocenters. The second-order valence-electron chi connectivity index (χ2n) is 6.43. The molecule has 142 valence electrons. The van der Waals surface area contributed by atoms with Gasteiger partial charge in [0.05, 0.1) is 12.5 Å². The van der Waals surface area contributed by atoms with E-state index in [1.54, 1.807) is 23.1 Å². The average molecular weight is 373 g/mol. The molecular formula is C17H19N5O5. The van der Waals surface area contributed by atoms with Gasteiger partial charge in [-0.25, -0.2) is 4.79 Å². The maximum absolute atomic E-state index is 12.3. The molecule has 10 nitrogen and oxygen atoms in total. The molecule has 0 radical (unpaired) electrons. The van der Waals surface area contributed by atoms with Crippen LogP contribution in [0.4, 0.5) is 4.79 Å². The van der Waals surface area contributed by atoms with E-state index >= 15 is 0 Å². The Bertz CT molecular complexity index is 867. The Morgan fingerprint density at radius 2 is 2.15 bits per heavy atom. The normalized spacial score (nSPS) is 18.4. The molecule has 1 aromatic carbocycles. The van der Waals surface area contributed by atoms with Gasteiger partial charge in [-0.2, -0.15) is 4.98 Å². The smallest absolute Gasteiger partial charge is 0.317 e. The number of carbonyl (C=O) groups excluding carboxylic acids is 2. The van der Waals surface area contributed by atoms with Gasteiger partial charge in [0.15, 0.2) is 17.3 Å². The predicted octanol–water partition coefficient (Wildman–Crippen LogP) is 0.872. The quantitative estimate of drug-likeness (QED) is 0.812. The minimum atomic E-state index is -0.376. The van der Waals surface area contributed by atoms with Crippen LogP contribution >= 0.6 is 0 Å². The predicted molar refractivity (Wildman–Crippen MR) is 91.6 cm³/mol. The highest BCUT2D eigenvalue weighted by Crippen LogP contribution is 2.35. The first-order valence-electron chi connectivity index (χ1n) is 8.65. The second kappa shape index (κ2) is 7.14. The lowest BCUT2D eigenvalue weighted by Gasteiger charge is -2.31. The van der Waals surface area contributed by atoms with Crippen molar-refractivity contribution >= 4 is 11.9 Å². The van der Waals surface area contributed by atoms with E-state index < -0.39 is 0 Å². The Balaban J connectivity index is 1.35. The third-order valence-electron chi connectivity index (χ3n) is 4.60. The summed E-state index contributed by atoms with van der Waals surface area (Å²) in [6.45, 7) is 1.22. The molecular weight excluding hydrogens is 354 g/mol. The molecule has 0 saturated carbocycles. The SMILES string of the molecule is NC(=O)[C@@H]1CCCN(C(=O)NCc2noc(-c3ccc4c(c3)OCO4)n2)C1. The summed E-state index contributed by atoms with van der Waals surface area (Å²) in [5, 5.41) is 6.62. The summed E-state index contributed by atoms with van der Waals surface area (Å²) in [5.41, 5.74) is 6.04. The Morgan fingerprint density at radius 1 is 1.30 bits per heavy atom. The molecule has 0 bridgehead atoms. The van der Waals surface area contributed by atoms with Crippen LogP contribution in [0.15, 0.2) is 22.7 Å². The molecule has 0 spiro atoms. The Kier molecular flexibility index (Phi) is 4.53. The summed E-state index contributed by atoms with van der Waals surface area (Å²) >= 11 is 0. The number of nitrogens with zero attached hydrogens (tertiary/aromatic N) is 3. The van der Waals surface area contributed by atoms with Gasteiger partial charge < -0.3 is 29.9 Å². The number of urea groups is 1. The highest BCUT2D eigenvalue weighted by molar-refractivity contribution is 5.79. The topological polar surface area (TPSA) is 133 Å². The Labute approximate surface area is 154 Å². The molecule has 3 heterocycles. The summed E-state index contributed by atoms with van der Waals surface area (Å²) in [6, 6.07) is 5.04. The maximum atomic E-state index is 12.3. The van der Waals surface area contributed by atoms with Crippen molar-refractivity contribution < 1.29 is 23.6 Å². The molecule has 2 aliphatic heterocycles. The number of rotatable bonds is 4. The van der Waals surface area contributed by atoms with Crippen LogP contribution in [0.1, 0.15) is 18.7 Å². The fourth-order valence-corrected chi connectivity index (χ4v) is 3.13. The third kappa shape index (κ3) is 3.64. The third-order valence-corrected chi connectivity index (χ3v) is 4.60. The van der Waals surface area contributed by atoms with Gasteiger partial charge >= 0.3 is 6.03 Å². The van der Waals surface area contributed by atoms with Crippen molar-refractivity contribution in [3.05, 3.63) is 24.0 Å². The first-order chi connectivity index (χ1) is 13.1. The summed E-state index contributed by atoms with van der Waals surface area (Å²) in [6.07, 6.45) is 1.46. The summed E-state index contributed by atoms with van der Waals surface area (Å²) < 4.78 is 15.9. The number of likely N-dealkylation sites (tertiary alicyclic amines) is 1. The van der Waals surface area contributed by atoms with Gasteiger partial charge in [-0.1, -0.05) is 5.16 Å². The molecule has 0 aliphatic carbocycles. The lowest BCUT2D eigenvalue weighted by molar-refractivity contribution is -0.123. The van der Waals surface area contributed by atoms with E-state index in [0.29, 0.717) is 48.3 Å². The lowest BCUT2D eigenvalue weighted by Crippen LogP contribution is -2.48. The monoisotopic (exact) mass is 373 g/mol. The Morgan fingerprint density at radius 3 is 3.00 bits per heavy atom. The molecule has 2 aromatic rings. The molecule has 3 N–H and O–H groups in total. The number of hydrogen-bond acceptors (Lipinski definition) is 7. The zero-order valence-corrected chi connectivity index (χ0v) is 14.5. The van der Waals surface area contributed by atoms with E-state index in [9.17, 15) is 9.59 Å². The van der Waals surface area contributed by atoms with E-state index in [1.165, 1.54) is 0 Å². The zero-order valence-electron chi connectivity index (χ0n) is 14.5. The molecule has 4 rings (SSSR count). The summed E-state index contributed by atoms with van der Waals surface area (Å²) in [4.78, 5) is 29.5. The molecule has 2 aliphatic rings. The van der Waals surface area contributed by atoms with Crippen molar-refractivity contribution in [3.8, 4) is 23.0 Å². The maximum Gasteiger partial charge on any atom is 0.317 e. The number of fused-ring (bicyclic) bond motifs is 1. The van der Waals surface area contributed by atoms with Crippen molar-refractivity contribution in [1.82, 2.24) is 20.4 Å². The van der Waals surface area contributed by atoms with Crippen molar-refractivity contribution in [3.63, 3.8) is 0 Å².